The first-order chi connectivity index (χ1) is 9.03. The van der Waals surface area contributed by atoms with Crippen LogP contribution in [0.25, 0.3) is 0 Å². The van der Waals surface area contributed by atoms with Gasteiger partial charge in [-0.1, -0.05) is 0 Å². The van der Waals surface area contributed by atoms with Crippen LogP contribution in [0, 0.1) is 0 Å². The Bertz CT molecular complexity index is 634. The van der Waals surface area contributed by atoms with Crippen molar-refractivity contribution in [3.8, 4) is 11.5 Å². The maximum absolute atomic E-state index is 12.9. The summed E-state index contributed by atoms with van der Waals surface area (Å²) in [6, 6.07) is 7.72. The van der Waals surface area contributed by atoms with E-state index in [1.54, 1.807) is 24.4 Å². The number of benzene rings is 1. The third kappa shape index (κ3) is 2.22. The first-order valence-corrected chi connectivity index (χ1v) is 5.41. The Labute approximate surface area is 107 Å². The number of pyridine rings is 1. The van der Waals surface area contributed by atoms with Crippen molar-refractivity contribution in [3.05, 3.63) is 36.5 Å². The van der Waals surface area contributed by atoms with Gasteiger partial charge in [0, 0.05) is 18.0 Å². The van der Waals surface area contributed by atoms with Gasteiger partial charge in [-0.25, -0.2) is 4.98 Å². The number of anilines is 3. The molecule has 0 saturated carbocycles. The summed E-state index contributed by atoms with van der Waals surface area (Å²) < 4.78 is 34.4. The summed E-state index contributed by atoms with van der Waals surface area (Å²) in [5.74, 6) is 0.391. The first kappa shape index (κ1) is 11.5. The minimum atomic E-state index is -3.62. The van der Waals surface area contributed by atoms with Crippen molar-refractivity contribution in [1.29, 1.82) is 0 Å². The van der Waals surface area contributed by atoms with Gasteiger partial charge >= 0.3 is 6.29 Å². The van der Waals surface area contributed by atoms with E-state index in [1.807, 2.05) is 0 Å². The molecule has 1 aliphatic rings. The summed E-state index contributed by atoms with van der Waals surface area (Å²) in [5.41, 5.74) is 6.69. The van der Waals surface area contributed by atoms with Crippen LogP contribution in [0.3, 0.4) is 0 Å². The zero-order valence-electron chi connectivity index (χ0n) is 9.56. The second kappa shape index (κ2) is 3.98. The number of ether oxygens (including phenoxy) is 2. The zero-order valence-corrected chi connectivity index (χ0v) is 9.56. The van der Waals surface area contributed by atoms with Crippen molar-refractivity contribution in [2.45, 2.75) is 6.29 Å². The Morgan fingerprint density at radius 3 is 2.74 bits per heavy atom. The van der Waals surface area contributed by atoms with Gasteiger partial charge in [0.25, 0.3) is 0 Å². The van der Waals surface area contributed by atoms with Crippen LogP contribution in [-0.2, 0) is 0 Å². The van der Waals surface area contributed by atoms with Gasteiger partial charge < -0.3 is 20.5 Å². The molecule has 0 spiro atoms. The average Bonchev–Trinajstić information content (AvgIpc) is 2.65. The number of rotatable bonds is 2. The quantitative estimate of drug-likeness (QED) is 0.873. The average molecular weight is 265 g/mol. The standard InChI is InChI=1S/C12H9F2N3O2/c13-12(14)18-9-4-3-7(6-10(9)19-12)17-11-8(15)2-1-5-16-11/h1-6H,15H2,(H,16,17). The van der Waals surface area contributed by atoms with E-state index in [2.05, 4.69) is 19.8 Å². The molecule has 0 atom stereocenters. The Hall–Kier alpha value is -2.57. The third-order valence-electron chi connectivity index (χ3n) is 2.50. The van der Waals surface area contributed by atoms with Crippen LogP contribution in [0.2, 0.25) is 0 Å². The Morgan fingerprint density at radius 2 is 1.95 bits per heavy atom. The Kier molecular flexibility index (Phi) is 2.41. The fraction of sp³-hybridized carbons (Fsp3) is 0.0833. The molecule has 0 aliphatic carbocycles. The van der Waals surface area contributed by atoms with Crippen LogP contribution < -0.4 is 20.5 Å². The molecule has 7 heteroatoms. The molecule has 0 amide bonds. The molecule has 0 saturated heterocycles. The van der Waals surface area contributed by atoms with Crippen LogP contribution in [0.4, 0.5) is 26.0 Å². The van der Waals surface area contributed by atoms with Gasteiger partial charge in [-0.15, -0.1) is 8.78 Å². The topological polar surface area (TPSA) is 69.4 Å². The van der Waals surface area contributed by atoms with Crippen molar-refractivity contribution in [2.75, 3.05) is 11.1 Å². The lowest BCUT2D eigenvalue weighted by Gasteiger charge is -2.08. The van der Waals surface area contributed by atoms with E-state index in [-0.39, 0.29) is 11.5 Å². The van der Waals surface area contributed by atoms with E-state index < -0.39 is 6.29 Å². The molecular weight excluding hydrogens is 256 g/mol. The van der Waals surface area contributed by atoms with Crippen LogP contribution in [-0.4, -0.2) is 11.3 Å². The number of nitrogen functional groups attached to an aromatic ring is 1. The van der Waals surface area contributed by atoms with Gasteiger partial charge in [0.05, 0.1) is 5.69 Å². The lowest BCUT2D eigenvalue weighted by molar-refractivity contribution is -0.286. The smallest absolute Gasteiger partial charge is 0.396 e. The number of fused-ring (bicyclic) bond motifs is 1. The van der Waals surface area contributed by atoms with Crippen LogP contribution in [0.5, 0.6) is 11.5 Å². The molecule has 3 rings (SSSR count). The lowest BCUT2D eigenvalue weighted by Crippen LogP contribution is -2.25. The van der Waals surface area contributed by atoms with Crippen molar-refractivity contribution < 1.29 is 18.3 Å². The maximum atomic E-state index is 12.9. The van der Waals surface area contributed by atoms with Crippen LogP contribution in [0.15, 0.2) is 36.5 Å². The number of nitrogens with two attached hydrogens (primary N) is 1. The summed E-state index contributed by atoms with van der Waals surface area (Å²) in [4.78, 5) is 4.04. The highest BCUT2D eigenvalue weighted by Crippen LogP contribution is 2.42. The predicted octanol–water partition coefficient (Wildman–Crippen LogP) is 2.73. The fourth-order valence-electron chi connectivity index (χ4n) is 1.69. The van der Waals surface area contributed by atoms with Crippen molar-refractivity contribution in [2.24, 2.45) is 0 Å². The second-order valence-electron chi connectivity index (χ2n) is 3.90. The molecule has 19 heavy (non-hydrogen) atoms. The zero-order chi connectivity index (χ0) is 13.5. The second-order valence-corrected chi connectivity index (χ2v) is 3.90. The molecule has 0 fully saturated rings. The van der Waals surface area contributed by atoms with Gasteiger partial charge in [0.2, 0.25) is 0 Å². The molecule has 98 valence electrons. The molecule has 0 bridgehead atoms. The largest absolute Gasteiger partial charge is 0.586 e. The van der Waals surface area contributed by atoms with E-state index in [1.165, 1.54) is 12.1 Å². The monoisotopic (exact) mass is 265 g/mol. The normalized spacial score (nSPS) is 15.3. The Morgan fingerprint density at radius 1 is 1.16 bits per heavy atom. The molecule has 2 heterocycles. The summed E-state index contributed by atoms with van der Waals surface area (Å²) in [5, 5.41) is 2.91. The van der Waals surface area contributed by atoms with Crippen molar-refractivity contribution in [3.63, 3.8) is 0 Å². The van der Waals surface area contributed by atoms with Gasteiger partial charge in [-0.2, -0.15) is 0 Å². The van der Waals surface area contributed by atoms with Crippen LogP contribution in [0.1, 0.15) is 0 Å². The number of halogens is 2. The number of nitrogens with zero attached hydrogens (tertiary/aromatic N) is 1. The van der Waals surface area contributed by atoms with Gasteiger partial charge in [-0.05, 0) is 24.3 Å². The van der Waals surface area contributed by atoms with E-state index in [0.717, 1.165) is 0 Å². The SMILES string of the molecule is Nc1cccnc1Nc1ccc2c(c1)OC(F)(F)O2. The summed E-state index contributed by atoms with van der Waals surface area (Å²) >= 11 is 0. The van der Waals surface area contributed by atoms with E-state index in [9.17, 15) is 8.78 Å². The molecule has 3 N–H and O–H groups in total. The van der Waals surface area contributed by atoms with E-state index in [4.69, 9.17) is 5.73 Å². The highest BCUT2D eigenvalue weighted by molar-refractivity contribution is 5.70. The molecule has 0 radical (unpaired) electrons. The van der Waals surface area contributed by atoms with Crippen molar-refractivity contribution >= 4 is 17.2 Å². The minimum Gasteiger partial charge on any atom is -0.396 e. The Balaban J connectivity index is 1.87. The van der Waals surface area contributed by atoms with Crippen LogP contribution >= 0.6 is 0 Å². The molecule has 1 aromatic heterocycles. The van der Waals surface area contributed by atoms with Gasteiger partial charge in [0.15, 0.2) is 17.3 Å². The fourth-order valence-corrected chi connectivity index (χ4v) is 1.69. The van der Waals surface area contributed by atoms with E-state index >= 15 is 0 Å². The number of hydrogen-bond acceptors (Lipinski definition) is 5. The molecule has 1 aromatic carbocycles. The summed E-state index contributed by atoms with van der Waals surface area (Å²) in [6.45, 7) is 0. The first-order valence-electron chi connectivity index (χ1n) is 5.41. The molecule has 0 unspecified atom stereocenters. The molecule has 2 aromatic rings. The number of aromatic nitrogens is 1. The third-order valence-corrected chi connectivity index (χ3v) is 2.50. The minimum absolute atomic E-state index is 0.00968. The predicted molar refractivity (Wildman–Crippen MR) is 64.6 cm³/mol. The van der Waals surface area contributed by atoms with Gasteiger partial charge in [0.1, 0.15) is 0 Å². The number of alkyl halides is 2. The lowest BCUT2D eigenvalue weighted by atomic mass is 10.2. The summed E-state index contributed by atoms with van der Waals surface area (Å²) in [7, 11) is 0. The molecule has 1 aliphatic heterocycles. The summed E-state index contributed by atoms with van der Waals surface area (Å²) in [6.07, 6.45) is -2.05. The number of hydrogen-bond donors (Lipinski definition) is 2. The highest BCUT2D eigenvalue weighted by Gasteiger charge is 2.43. The highest BCUT2D eigenvalue weighted by atomic mass is 19.3. The molecular formula is C12H9F2N3O2. The van der Waals surface area contributed by atoms with Crippen molar-refractivity contribution in [1.82, 2.24) is 4.98 Å². The maximum Gasteiger partial charge on any atom is 0.586 e. The number of nitrogens with one attached hydrogen (secondary N) is 1. The van der Waals surface area contributed by atoms with Gasteiger partial charge in [-0.3, -0.25) is 0 Å². The van der Waals surface area contributed by atoms with E-state index in [0.29, 0.717) is 17.2 Å². The molecule has 5 nitrogen and oxygen atoms in total.